The number of anilines is 12. The van der Waals surface area contributed by atoms with Crippen molar-refractivity contribution in [2.75, 3.05) is 136 Å². The lowest BCUT2D eigenvalue weighted by molar-refractivity contribution is 0.122. The summed E-state index contributed by atoms with van der Waals surface area (Å²) in [6, 6.07) is 55.7. The first-order chi connectivity index (χ1) is 68.0. The maximum atomic E-state index is 13.8. The van der Waals surface area contributed by atoms with E-state index in [0.29, 0.717) is 58.9 Å². The molecule has 4 saturated heterocycles. The molecule has 4 aliphatic heterocycles. The van der Waals surface area contributed by atoms with Crippen molar-refractivity contribution in [2.45, 2.75) is 165 Å². The second-order valence-corrected chi connectivity index (χ2v) is 39.3. The van der Waals surface area contributed by atoms with Crippen molar-refractivity contribution in [3.8, 4) is 0 Å². The highest BCUT2D eigenvalue weighted by molar-refractivity contribution is 5.91. The van der Waals surface area contributed by atoms with E-state index in [1.165, 1.54) is 198 Å². The average molecular weight is 1880 g/mol. The van der Waals surface area contributed by atoms with Crippen LogP contribution in [-0.2, 0) is 55.7 Å². The number of rotatable bonds is 18. The number of likely N-dealkylation sites (tertiary alicyclic amines) is 1. The Kier molecular flexibility index (Phi) is 29.1. The molecular formula is C113H130F5N19O2. The number of nitrogens with zero attached hydrogens (tertiary/aromatic N) is 8. The molecule has 7 aromatic carbocycles. The smallest absolute Gasteiger partial charge is 0.161 e. The molecule has 0 spiro atoms. The number of piperidine rings is 2. The monoisotopic (exact) mass is 1880 g/mol. The number of likely N-dealkylation sites (N-methyl/N-ethyl adjacent to an activating group) is 2. The van der Waals surface area contributed by atoms with Gasteiger partial charge < -0.3 is 90.8 Å². The predicted molar refractivity (Wildman–Crippen MR) is 557 cm³/mol. The van der Waals surface area contributed by atoms with Crippen LogP contribution in [0.15, 0.2) is 195 Å². The number of ether oxygens (including phenoxy) is 2. The van der Waals surface area contributed by atoms with Gasteiger partial charge in [-0.2, -0.15) is 0 Å². The van der Waals surface area contributed by atoms with Gasteiger partial charge in [-0.3, -0.25) is 0 Å². The molecule has 24 rings (SSSR count). The Morgan fingerprint density at radius 3 is 1.71 bits per heavy atom. The number of benzene rings is 7. The minimum Gasteiger partial charge on any atom is -0.378 e. The molecule has 2 saturated carbocycles. The predicted octanol–water partition coefficient (Wildman–Crippen LogP) is 24.1. The van der Waals surface area contributed by atoms with E-state index in [4.69, 9.17) is 19.4 Å². The number of allylic oxidation sites excluding steroid dienone is 2. The van der Waals surface area contributed by atoms with E-state index in [2.05, 4.69) is 246 Å². The van der Waals surface area contributed by atoms with Crippen LogP contribution in [0.3, 0.4) is 0 Å². The number of aryl methyl sites for hydroxylation is 3. The number of nitrogens with one attached hydrogen (secondary N) is 11. The molecule has 0 amide bonds. The Morgan fingerprint density at radius 2 is 0.986 bits per heavy atom. The highest BCUT2D eigenvalue weighted by atomic mass is 19.2. The van der Waals surface area contributed by atoms with Gasteiger partial charge in [0, 0.05) is 178 Å². The lowest BCUT2D eigenvalue weighted by Crippen LogP contribution is -2.36. The quantitative estimate of drug-likeness (QED) is 0.0284. The summed E-state index contributed by atoms with van der Waals surface area (Å²) in [6.07, 6.45) is 35.0. The van der Waals surface area contributed by atoms with Crippen LogP contribution in [0.5, 0.6) is 0 Å². The van der Waals surface area contributed by atoms with Crippen LogP contribution < -0.4 is 52.3 Å². The van der Waals surface area contributed by atoms with Crippen molar-refractivity contribution in [3.05, 3.63) is 274 Å². The van der Waals surface area contributed by atoms with E-state index in [9.17, 15) is 22.0 Å². The molecule has 2 unspecified atom stereocenters. The van der Waals surface area contributed by atoms with Gasteiger partial charge in [-0.1, -0.05) is 68.9 Å². The van der Waals surface area contributed by atoms with Gasteiger partial charge in [0.15, 0.2) is 23.3 Å². The molecule has 8 aromatic heterocycles. The molecule has 139 heavy (non-hydrogen) atoms. The summed E-state index contributed by atoms with van der Waals surface area (Å²) >= 11 is 0. The molecular weight excluding hydrogens is 1750 g/mol. The third-order valence-electron chi connectivity index (χ3n) is 30.4. The Bertz CT molecular complexity index is 6840. The number of pyridine rings is 3. The van der Waals surface area contributed by atoms with E-state index in [-0.39, 0.29) is 5.69 Å². The first-order valence-corrected chi connectivity index (χ1v) is 50.5. The summed E-state index contributed by atoms with van der Waals surface area (Å²) in [7, 11) is 10.4. The van der Waals surface area contributed by atoms with Crippen LogP contribution >= 0.6 is 0 Å². The molecule has 724 valence electrons. The van der Waals surface area contributed by atoms with Crippen molar-refractivity contribution in [3.63, 3.8) is 0 Å². The molecule has 21 nitrogen and oxygen atoms in total. The van der Waals surface area contributed by atoms with Crippen LogP contribution in [-0.4, -0.2) is 156 Å². The third kappa shape index (κ3) is 21.6. The molecule has 26 heteroatoms. The van der Waals surface area contributed by atoms with Crippen molar-refractivity contribution >= 4 is 129 Å². The van der Waals surface area contributed by atoms with E-state index < -0.39 is 29.1 Å². The first kappa shape index (κ1) is 94.1. The summed E-state index contributed by atoms with van der Waals surface area (Å²) in [5, 5.41) is 32.9. The summed E-state index contributed by atoms with van der Waals surface area (Å²) in [5.74, 6) is -0.276. The van der Waals surface area contributed by atoms with E-state index in [1.807, 2.05) is 33.3 Å². The van der Waals surface area contributed by atoms with E-state index in [1.54, 1.807) is 17.2 Å². The van der Waals surface area contributed by atoms with Crippen molar-refractivity contribution in [1.82, 2.24) is 59.9 Å². The Labute approximate surface area is 810 Å². The second-order valence-electron chi connectivity index (χ2n) is 39.3. The number of hydrogen-bond acceptors (Lipinski definition) is 16. The van der Waals surface area contributed by atoms with Gasteiger partial charge in [0.2, 0.25) is 0 Å². The molecule has 5 aliphatic carbocycles. The zero-order valence-electron chi connectivity index (χ0n) is 80.6. The summed E-state index contributed by atoms with van der Waals surface area (Å²) in [4.78, 5) is 31.4. The summed E-state index contributed by atoms with van der Waals surface area (Å²) < 4.78 is 81.9. The lowest BCUT2D eigenvalue weighted by Gasteiger charge is -2.29. The van der Waals surface area contributed by atoms with Crippen molar-refractivity contribution in [1.29, 1.82) is 0 Å². The van der Waals surface area contributed by atoms with E-state index >= 15 is 0 Å². The van der Waals surface area contributed by atoms with Crippen LogP contribution in [0.25, 0.3) is 60.5 Å². The summed E-state index contributed by atoms with van der Waals surface area (Å²) in [6.45, 7) is 11.8. The van der Waals surface area contributed by atoms with Crippen molar-refractivity contribution < 1.29 is 31.4 Å². The number of halogens is 5. The Morgan fingerprint density at radius 1 is 0.417 bits per heavy atom. The molecule has 12 heterocycles. The molecule has 0 bridgehead atoms. The normalized spacial score (nSPS) is 18.3. The molecule has 0 radical (unpaired) electrons. The third-order valence-corrected chi connectivity index (χ3v) is 30.4. The number of aromatic nitrogens is 8. The second kappa shape index (κ2) is 43.0. The Hall–Kier alpha value is -12.6. The fourth-order valence-corrected chi connectivity index (χ4v) is 22.6. The fraction of sp³-hybridized carbons (Fsp3) is 0.389. The van der Waals surface area contributed by atoms with Gasteiger partial charge in [-0.25, -0.2) is 36.9 Å². The number of fused-ring (bicyclic) bond motifs is 10. The van der Waals surface area contributed by atoms with Gasteiger partial charge in [-0.05, 0) is 339 Å². The van der Waals surface area contributed by atoms with Crippen LogP contribution in [0.1, 0.15) is 171 Å². The number of morpholine rings is 2. The number of aromatic amines is 3. The summed E-state index contributed by atoms with van der Waals surface area (Å²) in [5.41, 5.74) is 27.8. The van der Waals surface area contributed by atoms with E-state index in [0.717, 1.165) is 185 Å². The lowest BCUT2D eigenvalue weighted by atomic mass is 9.84. The number of hydrogen-bond donors (Lipinski definition) is 11. The fourth-order valence-electron chi connectivity index (χ4n) is 22.6. The van der Waals surface area contributed by atoms with Crippen molar-refractivity contribution in [2.24, 2.45) is 20.0 Å². The minimum absolute atomic E-state index is 0.155. The van der Waals surface area contributed by atoms with Crippen LogP contribution in [0, 0.1) is 35.0 Å². The molecule has 15 aromatic rings. The standard InChI is InChI=1S/C28H34N4.C25H31N3O.C23H28N4O.C19H20F2N4.C18H17F3N4/c1-32-14-10-21(11-15-32)27-18-30-28-17-23(5-7-25(27)28)31-22-4-2-19-3-6-24(26(19)16-22)20-8-12-29-13-9-20;1-27-18-24(19-6-3-2-4-7-19)23-11-10-21(17-25(23)27)26-20-8-5-9-22(16-20)28-12-14-29-15-13-28;1-2-4-17(5-3-1)21-16-24-23-20(21)10-11-22(26-23)25-18-6-8-19(9-7-18)27-12-14-28-15-13-27;1-22-11-4-7-17-14(9-11)13-5-8-18(24-19(13)25(17)2)23-12-3-6-15(20)16(21)10-12;1-22-9-2-4-15-11(6-9)10-3-5-17(25-18(10)24-15)23-16-8-13(20)12(19)7-14(16)21/h2,4-7,16-18,20-21,29-31H,3,8-15H2,1H3;5,8-11,16-19,26H,2-4,6-7,12-15H2,1H3;6-11,16-17H,1-5,12-15H2,(H2,24,25,26);3,5-6,8,10-11,22H,4,7,9H2,1-2H3,(H,23,24);3,5,7-9,22H,2,4,6H2,1H3,(H2,23,24,25). The molecule has 11 N–H and O–H groups in total. The molecule has 9 aliphatic rings. The maximum Gasteiger partial charge on any atom is 0.161 e. The minimum atomic E-state index is -1.22. The van der Waals surface area contributed by atoms with Crippen LogP contribution in [0.2, 0.25) is 0 Å². The maximum absolute atomic E-state index is 13.8. The highest BCUT2D eigenvalue weighted by Crippen LogP contribution is 2.44. The topological polar surface area (TPSA) is 220 Å². The van der Waals surface area contributed by atoms with Gasteiger partial charge in [0.25, 0.3) is 0 Å². The van der Waals surface area contributed by atoms with Gasteiger partial charge in [0.05, 0.1) is 37.6 Å². The zero-order chi connectivity index (χ0) is 95.0. The Balaban J connectivity index is 0.000000107. The zero-order valence-corrected chi connectivity index (χ0v) is 80.6. The molecule has 6 fully saturated rings. The van der Waals surface area contributed by atoms with Gasteiger partial charge >= 0.3 is 0 Å². The van der Waals surface area contributed by atoms with Crippen LogP contribution in [0.4, 0.5) is 90.6 Å². The van der Waals surface area contributed by atoms with Gasteiger partial charge in [-0.15, -0.1) is 0 Å². The highest BCUT2D eigenvalue weighted by Gasteiger charge is 2.31. The van der Waals surface area contributed by atoms with Gasteiger partial charge in [0.1, 0.15) is 40.2 Å². The average Bonchev–Trinajstić information content (AvgIpc) is 1.61. The SMILES string of the molecule is CN1CCC(c2c[nH]c3cc(Nc4ccc5c(c4)C(C4CCNCC4)=CC5)ccc23)CC1.CNC1CCc2[nH]c3nc(Nc4cc(F)c(F)cc4F)ccc3c2C1.CNC1CCc2c(c3ccc(Nc4ccc(F)c(F)c4)nc3n2C)C1.Cn1cc(C2CCCCC2)c2ccc(Nc3cccc(N4CCOCC4)c3)cc21.c1cc(N2CCOCC2)ccc1Nc1ccc2c(C3CCCCC3)c[nH]c2n1. The largest absolute Gasteiger partial charge is 0.378 e. The first-order valence-electron chi connectivity index (χ1n) is 50.5. The molecule has 2 atom stereocenters. The number of H-pyrrole nitrogens is 3.